The van der Waals surface area contributed by atoms with Crippen LogP contribution in [0.5, 0.6) is 5.75 Å². The van der Waals surface area contributed by atoms with E-state index in [9.17, 15) is 13.6 Å². The molecule has 1 aromatic carbocycles. The van der Waals surface area contributed by atoms with Gasteiger partial charge in [-0.1, -0.05) is 11.6 Å². The summed E-state index contributed by atoms with van der Waals surface area (Å²) in [7, 11) is 0. The van der Waals surface area contributed by atoms with Crippen molar-refractivity contribution in [1.29, 1.82) is 0 Å². The largest absolute Gasteiger partial charge is 0.434 e. The minimum Gasteiger partial charge on any atom is -0.434 e. The molecule has 1 aromatic rings. The van der Waals surface area contributed by atoms with Crippen LogP contribution in [0.15, 0.2) is 18.2 Å². The Hall–Kier alpha value is -1.44. The maximum absolute atomic E-state index is 12.3. The smallest absolute Gasteiger partial charge is 0.387 e. The van der Waals surface area contributed by atoms with E-state index in [0.717, 1.165) is 0 Å². The Balaban J connectivity index is 1.97. The molecule has 1 heterocycles. The average molecular weight is 321 g/mol. The van der Waals surface area contributed by atoms with Crippen LogP contribution in [0.25, 0.3) is 0 Å². The molecule has 0 radical (unpaired) electrons. The van der Waals surface area contributed by atoms with Gasteiger partial charge in [0, 0.05) is 30.2 Å². The molecular weight excluding hydrogens is 306 g/mol. The number of hydrogen-bond acceptors (Lipinski definition) is 4. The molecule has 1 aliphatic rings. The van der Waals surface area contributed by atoms with Gasteiger partial charge in [-0.3, -0.25) is 4.79 Å². The fraction of sp³-hybridized carbons (Fsp3) is 0.462. The molecule has 0 aromatic heterocycles. The first-order valence-corrected chi connectivity index (χ1v) is 6.77. The molecule has 1 aliphatic heterocycles. The van der Waals surface area contributed by atoms with Crippen molar-refractivity contribution in [3.8, 4) is 5.75 Å². The van der Waals surface area contributed by atoms with E-state index >= 15 is 0 Å². The van der Waals surface area contributed by atoms with Crippen LogP contribution in [0.3, 0.4) is 0 Å². The number of halogens is 3. The van der Waals surface area contributed by atoms with Crippen LogP contribution >= 0.6 is 11.6 Å². The zero-order valence-corrected chi connectivity index (χ0v) is 11.8. The van der Waals surface area contributed by atoms with E-state index in [1.807, 2.05) is 0 Å². The topological polar surface area (TPSA) is 59.6 Å². The maximum atomic E-state index is 12.3. The predicted octanol–water partition coefficient (Wildman–Crippen LogP) is 1.55. The van der Waals surface area contributed by atoms with Gasteiger partial charge in [-0.2, -0.15) is 8.78 Å². The van der Waals surface area contributed by atoms with Crippen molar-refractivity contribution in [3.63, 3.8) is 0 Å². The molecule has 2 rings (SSSR count). The van der Waals surface area contributed by atoms with Gasteiger partial charge in [0.2, 0.25) is 0 Å². The Morgan fingerprint density at radius 2 is 2.38 bits per heavy atom. The van der Waals surface area contributed by atoms with E-state index in [4.69, 9.17) is 16.3 Å². The summed E-state index contributed by atoms with van der Waals surface area (Å²) in [5, 5.41) is 6.02. The first kappa shape index (κ1) is 15.9. The summed E-state index contributed by atoms with van der Waals surface area (Å²) in [6.07, 6.45) is -0.586. The number of carbonyl (C=O) groups is 1. The zero-order valence-electron chi connectivity index (χ0n) is 11.1. The molecule has 0 bridgehead atoms. The number of morpholine rings is 1. The van der Waals surface area contributed by atoms with Crippen LogP contribution in [-0.2, 0) is 16.1 Å². The van der Waals surface area contributed by atoms with Gasteiger partial charge in [0.05, 0.1) is 6.61 Å². The second-order valence-electron chi connectivity index (χ2n) is 4.41. The van der Waals surface area contributed by atoms with Crippen molar-refractivity contribution in [1.82, 2.24) is 10.6 Å². The second kappa shape index (κ2) is 7.53. The molecule has 5 nitrogen and oxygen atoms in total. The van der Waals surface area contributed by atoms with Crippen molar-refractivity contribution >= 4 is 17.5 Å². The third-order valence-electron chi connectivity index (χ3n) is 2.91. The minimum absolute atomic E-state index is 0.0163. The van der Waals surface area contributed by atoms with Gasteiger partial charge < -0.3 is 20.1 Å². The normalized spacial score (nSPS) is 18.6. The quantitative estimate of drug-likeness (QED) is 0.864. The van der Waals surface area contributed by atoms with Crippen LogP contribution in [0, 0.1) is 0 Å². The van der Waals surface area contributed by atoms with Crippen LogP contribution < -0.4 is 15.4 Å². The van der Waals surface area contributed by atoms with Crippen LogP contribution in [0.4, 0.5) is 8.78 Å². The molecule has 21 heavy (non-hydrogen) atoms. The fourth-order valence-electron chi connectivity index (χ4n) is 1.93. The first-order chi connectivity index (χ1) is 10.1. The van der Waals surface area contributed by atoms with Crippen molar-refractivity contribution in [2.24, 2.45) is 0 Å². The van der Waals surface area contributed by atoms with Crippen molar-refractivity contribution in [2.75, 3.05) is 19.7 Å². The molecule has 1 fully saturated rings. The van der Waals surface area contributed by atoms with Gasteiger partial charge in [0.1, 0.15) is 11.9 Å². The van der Waals surface area contributed by atoms with Gasteiger partial charge >= 0.3 is 6.61 Å². The molecule has 1 saturated heterocycles. The lowest BCUT2D eigenvalue weighted by Crippen LogP contribution is -2.47. The molecule has 0 spiro atoms. The molecular formula is C13H15ClF2N2O3. The number of nitrogens with one attached hydrogen (secondary N) is 2. The predicted molar refractivity (Wildman–Crippen MR) is 72.5 cm³/mol. The summed E-state index contributed by atoms with van der Waals surface area (Å²) in [5.74, 6) is -0.331. The van der Waals surface area contributed by atoms with E-state index in [0.29, 0.717) is 30.3 Å². The van der Waals surface area contributed by atoms with E-state index in [2.05, 4.69) is 15.4 Å². The average Bonchev–Trinajstić information content (AvgIpc) is 2.47. The lowest BCUT2D eigenvalue weighted by Gasteiger charge is -2.23. The van der Waals surface area contributed by atoms with E-state index in [1.165, 1.54) is 18.2 Å². The van der Waals surface area contributed by atoms with Gasteiger partial charge in [0.25, 0.3) is 5.91 Å². The van der Waals surface area contributed by atoms with Gasteiger partial charge in [-0.25, -0.2) is 0 Å². The SMILES string of the molecule is O=C(NCc1cc(Cl)ccc1OC(F)F)C1CNCCO1. The Morgan fingerprint density at radius 1 is 1.57 bits per heavy atom. The van der Waals surface area contributed by atoms with Crippen molar-refractivity contribution in [3.05, 3.63) is 28.8 Å². The Morgan fingerprint density at radius 3 is 3.05 bits per heavy atom. The van der Waals surface area contributed by atoms with E-state index in [1.54, 1.807) is 0 Å². The molecule has 2 N–H and O–H groups in total. The lowest BCUT2D eigenvalue weighted by atomic mass is 10.2. The van der Waals surface area contributed by atoms with Gasteiger partial charge in [-0.15, -0.1) is 0 Å². The number of ether oxygens (including phenoxy) is 2. The highest BCUT2D eigenvalue weighted by molar-refractivity contribution is 6.30. The Labute approximate surface area is 125 Å². The number of carbonyl (C=O) groups excluding carboxylic acids is 1. The third kappa shape index (κ3) is 4.80. The highest BCUT2D eigenvalue weighted by Gasteiger charge is 2.21. The number of amides is 1. The standard InChI is InChI=1S/C13H15ClF2N2O3/c14-9-1-2-10(21-13(15)16)8(5-9)6-18-12(19)11-7-17-3-4-20-11/h1-2,5,11,13,17H,3-4,6-7H2,(H,18,19). The maximum Gasteiger partial charge on any atom is 0.387 e. The molecule has 1 atom stereocenters. The molecule has 8 heteroatoms. The molecule has 1 unspecified atom stereocenters. The lowest BCUT2D eigenvalue weighted by molar-refractivity contribution is -0.134. The highest BCUT2D eigenvalue weighted by Crippen LogP contribution is 2.24. The van der Waals surface area contributed by atoms with Crippen LogP contribution in [0.1, 0.15) is 5.56 Å². The summed E-state index contributed by atoms with van der Waals surface area (Å²) in [6, 6.07) is 4.26. The first-order valence-electron chi connectivity index (χ1n) is 6.39. The van der Waals surface area contributed by atoms with E-state index in [-0.39, 0.29) is 18.2 Å². The molecule has 116 valence electrons. The fourth-order valence-corrected chi connectivity index (χ4v) is 2.12. The second-order valence-corrected chi connectivity index (χ2v) is 4.85. The number of hydrogen-bond donors (Lipinski definition) is 2. The Bertz CT molecular complexity index is 496. The molecule has 0 aliphatic carbocycles. The zero-order chi connectivity index (χ0) is 15.2. The summed E-state index contributed by atoms with van der Waals surface area (Å²) in [5.41, 5.74) is 0.375. The summed E-state index contributed by atoms with van der Waals surface area (Å²) >= 11 is 5.83. The Kier molecular flexibility index (Phi) is 5.72. The molecule has 1 amide bonds. The highest BCUT2D eigenvalue weighted by atomic mass is 35.5. The van der Waals surface area contributed by atoms with Crippen molar-refractivity contribution in [2.45, 2.75) is 19.3 Å². The van der Waals surface area contributed by atoms with Crippen LogP contribution in [0.2, 0.25) is 5.02 Å². The third-order valence-corrected chi connectivity index (χ3v) is 3.15. The summed E-state index contributed by atoms with van der Waals surface area (Å²) in [4.78, 5) is 11.9. The minimum atomic E-state index is -2.94. The molecule has 0 saturated carbocycles. The summed E-state index contributed by atoms with van der Waals surface area (Å²) < 4.78 is 34.3. The van der Waals surface area contributed by atoms with Gasteiger partial charge in [-0.05, 0) is 18.2 Å². The van der Waals surface area contributed by atoms with E-state index < -0.39 is 12.7 Å². The number of benzene rings is 1. The van der Waals surface area contributed by atoms with Crippen LogP contribution in [-0.4, -0.2) is 38.3 Å². The number of rotatable bonds is 5. The van der Waals surface area contributed by atoms with Crippen molar-refractivity contribution < 1.29 is 23.0 Å². The number of alkyl halides is 2. The summed E-state index contributed by atoms with van der Waals surface area (Å²) in [6.45, 7) is -1.34. The monoisotopic (exact) mass is 320 g/mol. The van der Waals surface area contributed by atoms with Gasteiger partial charge in [0.15, 0.2) is 0 Å².